The number of hydrogen-bond acceptors (Lipinski definition) is 4. The number of aryl methyl sites for hydroxylation is 1. The van der Waals surface area contributed by atoms with Gasteiger partial charge in [0.1, 0.15) is 23.4 Å². The van der Waals surface area contributed by atoms with Crippen molar-refractivity contribution in [2.45, 2.75) is 13.0 Å². The molecule has 0 fully saturated rings. The summed E-state index contributed by atoms with van der Waals surface area (Å²) in [5.41, 5.74) is -0.153. The van der Waals surface area contributed by atoms with Crippen LogP contribution in [0, 0.1) is 5.82 Å². The lowest BCUT2D eigenvalue weighted by Crippen LogP contribution is -2.35. The van der Waals surface area contributed by atoms with Crippen LogP contribution in [0.5, 0.6) is 5.75 Å². The fourth-order valence-electron chi connectivity index (χ4n) is 1.76. The summed E-state index contributed by atoms with van der Waals surface area (Å²) in [5.74, 6) is -0.407. The van der Waals surface area contributed by atoms with E-state index in [0.29, 0.717) is 5.75 Å². The van der Waals surface area contributed by atoms with Gasteiger partial charge in [-0.25, -0.2) is 9.07 Å². The van der Waals surface area contributed by atoms with E-state index in [1.54, 1.807) is 19.1 Å². The largest absolute Gasteiger partial charge is 0.489 e. The molecule has 0 aliphatic heterocycles. The second-order valence-electron chi connectivity index (χ2n) is 4.78. The van der Waals surface area contributed by atoms with Crippen LogP contribution in [0.1, 0.15) is 17.4 Å². The van der Waals surface area contributed by atoms with Crippen LogP contribution in [-0.2, 0) is 7.05 Å². The molecular weight excluding hydrogens is 289 g/mol. The number of nitrogens with zero attached hydrogens (tertiary/aromatic N) is 2. The molecule has 0 radical (unpaired) electrons. The van der Waals surface area contributed by atoms with Gasteiger partial charge in [-0.15, -0.1) is 0 Å². The van der Waals surface area contributed by atoms with Crippen LogP contribution >= 0.6 is 0 Å². The molecule has 7 heteroatoms. The summed E-state index contributed by atoms with van der Waals surface area (Å²) in [6, 6.07) is 8.40. The Morgan fingerprint density at radius 2 is 2.18 bits per heavy atom. The molecule has 116 valence electrons. The number of ether oxygens (including phenoxy) is 1. The molecule has 0 saturated carbocycles. The number of carbonyl (C=O) groups is 1. The van der Waals surface area contributed by atoms with Gasteiger partial charge in [0.25, 0.3) is 11.5 Å². The number of nitrogens with one attached hydrogen (secondary N) is 1. The quantitative estimate of drug-likeness (QED) is 0.898. The molecule has 1 atom stereocenters. The second kappa shape index (κ2) is 6.84. The monoisotopic (exact) mass is 305 g/mol. The predicted octanol–water partition coefficient (Wildman–Crippen LogP) is 1.12. The van der Waals surface area contributed by atoms with Crippen molar-refractivity contribution in [2.24, 2.45) is 7.05 Å². The number of amides is 1. The van der Waals surface area contributed by atoms with E-state index in [4.69, 9.17) is 4.74 Å². The third-order valence-corrected chi connectivity index (χ3v) is 2.88. The van der Waals surface area contributed by atoms with E-state index >= 15 is 0 Å². The summed E-state index contributed by atoms with van der Waals surface area (Å²) in [6.07, 6.45) is -0.349. The first-order chi connectivity index (χ1) is 10.5. The van der Waals surface area contributed by atoms with Gasteiger partial charge in [0.2, 0.25) is 0 Å². The van der Waals surface area contributed by atoms with Gasteiger partial charge in [0, 0.05) is 19.2 Å². The van der Waals surface area contributed by atoms with Gasteiger partial charge in [0.15, 0.2) is 0 Å². The average Bonchev–Trinajstić information content (AvgIpc) is 2.47. The summed E-state index contributed by atoms with van der Waals surface area (Å²) >= 11 is 0. The summed E-state index contributed by atoms with van der Waals surface area (Å²) in [4.78, 5) is 23.1. The smallest absolute Gasteiger partial charge is 0.271 e. The molecule has 1 heterocycles. The molecule has 1 amide bonds. The third kappa shape index (κ3) is 4.15. The van der Waals surface area contributed by atoms with Crippen molar-refractivity contribution in [1.29, 1.82) is 0 Å². The van der Waals surface area contributed by atoms with Gasteiger partial charge in [-0.3, -0.25) is 9.59 Å². The maximum Gasteiger partial charge on any atom is 0.271 e. The molecule has 0 aliphatic rings. The van der Waals surface area contributed by atoms with Crippen LogP contribution in [-0.4, -0.2) is 28.3 Å². The zero-order chi connectivity index (χ0) is 16.1. The van der Waals surface area contributed by atoms with E-state index in [1.165, 1.54) is 31.3 Å². The summed E-state index contributed by atoms with van der Waals surface area (Å²) in [6.45, 7) is 1.97. The zero-order valence-corrected chi connectivity index (χ0v) is 12.2. The highest BCUT2D eigenvalue weighted by Gasteiger charge is 2.11. The van der Waals surface area contributed by atoms with Crippen molar-refractivity contribution < 1.29 is 13.9 Å². The first-order valence-corrected chi connectivity index (χ1v) is 6.70. The summed E-state index contributed by atoms with van der Waals surface area (Å²) in [7, 11) is 1.47. The van der Waals surface area contributed by atoms with Crippen molar-refractivity contribution in [3.05, 3.63) is 58.3 Å². The molecule has 22 heavy (non-hydrogen) atoms. The lowest BCUT2D eigenvalue weighted by molar-refractivity contribution is 0.0925. The fraction of sp³-hybridized carbons (Fsp3) is 0.267. The maximum atomic E-state index is 13.0. The highest BCUT2D eigenvalue weighted by atomic mass is 19.1. The Labute approximate surface area is 126 Å². The Hall–Kier alpha value is -2.70. The van der Waals surface area contributed by atoms with Crippen molar-refractivity contribution in [3.63, 3.8) is 0 Å². The molecule has 2 rings (SSSR count). The second-order valence-corrected chi connectivity index (χ2v) is 4.78. The molecule has 6 nitrogen and oxygen atoms in total. The van der Waals surface area contributed by atoms with Gasteiger partial charge in [-0.2, -0.15) is 5.10 Å². The highest BCUT2D eigenvalue weighted by Crippen LogP contribution is 2.13. The Balaban J connectivity index is 1.90. The molecule has 0 saturated heterocycles. The van der Waals surface area contributed by atoms with Gasteiger partial charge >= 0.3 is 0 Å². The summed E-state index contributed by atoms with van der Waals surface area (Å²) in [5, 5.41) is 6.49. The van der Waals surface area contributed by atoms with Crippen LogP contribution in [0.25, 0.3) is 0 Å². The fourth-order valence-corrected chi connectivity index (χ4v) is 1.76. The zero-order valence-electron chi connectivity index (χ0n) is 12.2. The number of benzene rings is 1. The minimum Gasteiger partial charge on any atom is -0.489 e. The molecule has 0 bridgehead atoms. The lowest BCUT2D eigenvalue weighted by atomic mass is 10.3. The Kier molecular flexibility index (Phi) is 4.88. The van der Waals surface area contributed by atoms with E-state index in [-0.39, 0.29) is 29.7 Å². The first-order valence-electron chi connectivity index (χ1n) is 6.70. The molecule has 0 unspecified atom stereocenters. The van der Waals surface area contributed by atoms with Crippen LogP contribution in [0.2, 0.25) is 0 Å². The van der Waals surface area contributed by atoms with Crippen LogP contribution in [0.4, 0.5) is 4.39 Å². The average molecular weight is 305 g/mol. The van der Waals surface area contributed by atoms with Crippen LogP contribution < -0.4 is 15.6 Å². The Morgan fingerprint density at radius 1 is 1.41 bits per heavy atom. The normalized spacial score (nSPS) is 11.8. The Bertz CT molecular complexity index is 730. The molecule has 1 aromatic heterocycles. The van der Waals surface area contributed by atoms with Gasteiger partial charge in [0.05, 0.1) is 6.54 Å². The molecule has 2 aromatic rings. The maximum absolute atomic E-state index is 13.0. The van der Waals surface area contributed by atoms with Crippen LogP contribution in [0.15, 0.2) is 41.2 Å². The predicted molar refractivity (Wildman–Crippen MR) is 78.3 cm³/mol. The van der Waals surface area contributed by atoms with Crippen LogP contribution in [0.3, 0.4) is 0 Å². The van der Waals surface area contributed by atoms with Gasteiger partial charge in [-0.1, -0.05) is 6.07 Å². The number of halogens is 1. The molecule has 0 spiro atoms. The third-order valence-electron chi connectivity index (χ3n) is 2.88. The van der Waals surface area contributed by atoms with E-state index in [9.17, 15) is 14.0 Å². The SMILES string of the molecule is C[C@H](CNC(=O)c1ccc(=O)n(C)n1)Oc1cccc(F)c1. The molecule has 1 N–H and O–H groups in total. The van der Waals surface area contributed by atoms with E-state index in [1.807, 2.05) is 0 Å². The standard InChI is InChI=1S/C15H16FN3O3/c1-10(22-12-5-3-4-11(16)8-12)9-17-15(21)13-6-7-14(20)19(2)18-13/h3-8,10H,9H2,1-2H3,(H,17,21)/t10-/m1/s1. The van der Waals surface area contributed by atoms with E-state index in [0.717, 1.165) is 4.68 Å². The Morgan fingerprint density at radius 3 is 2.86 bits per heavy atom. The van der Waals surface area contributed by atoms with Crippen molar-refractivity contribution in [2.75, 3.05) is 6.54 Å². The number of hydrogen-bond donors (Lipinski definition) is 1. The lowest BCUT2D eigenvalue weighted by Gasteiger charge is -2.15. The van der Waals surface area contributed by atoms with Gasteiger partial charge in [-0.05, 0) is 25.1 Å². The van der Waals surface area contributed by atoms with Crippen molar-refractivity contribution in [1.82, 2.24) is 15.1 Å². The highest BCUT2D eigenvalue weighted by molar-refractivity contribution is 5.91. The molecule has 1 aromatic carbocycles. The summed E-state index contributed by atoms with van der Waals surface area (Å²) < 4.78 is 19.6. The topological polar surface area (TPSA) is 73.2 Å². The van der Waals surface area contributed by atoms with Gasteiger partial charge < -0.3 is 10.1 Å². The molecular formula is C15H16FN3O3. The first kappa shape index (κ1) is 15.7. The number of carbonyl (C=O) groups excluding carboxylic acids is 1. The number of aromatic nitrogens is 2. The number of rotatable bonds is 5. The van der Waals surface area contributed by atoms with E-state index in [2.05, 4.69) is 10.4 Å². The van der Waals surface area contributed by atoms with Crippen molar-refractivity contribution >= 4 is 5.91 Å². The minimum absolute atomic E-state index is 0.139. The molecule has 0 aliphatic carbocycles. The minimum atomic E-state index is -0.412. The van der Waals surface area contributed by atoms with E-state index < -0.39 is 5.91 Å². The van der Waals surface area contributed by atoms with Crippen molar-refractivity contribution in [3.8, 4) is 5.75 Å².